The van der Waals surface area contributed by atoms with E-state index in [1.54, 1.807) is 18.2 Å². The molecule has 0 fully saturated rings. The SMILES string of the molecule is N#Cc1c(Cl)cccc1C=O. The van der Waals surface area contributed by atoms with Crippen molar-refractivity contribution in [2.45, 2.75) is 0 Å². The van der Waals surface area contributed by atoms with Gasteiger partial charge in [-0.15, -0.1) is 0 Å². The molecule has 1 aromatic rings. The molecule has 0 radical (unpaired) electrons. The van der Waals surface area contributed by atoms with Gasteiger partial charge in [-0.25, -0.2) is 0 Å². The number of carbonyl (C=O) groups excluding carboxylic acids is 1. The summed E-state index contributed by atoms with van der Waals surface area (Å²) in [7, 11) is 0. The van der Waals surface area contributed by atoms with E-state index >= 15 is 0 Å². The van der Waals surface area contributed by atoms with Gasteiger partial charge in [0, 0.05) is 5.56 Å². The van der Waals surface area contributed by atoms with Crippen molar-refractivity contribution >= 4 is 17.9 Å². The second kappa shape index (κ2) is 3.18. The highest BCUT2D eigenvalue weighted by molar-refractivity contribution is 6.32. The van der Waals surface area contributed by atoms with Crippen LogP contribution in [0.3, 0.4) is 0 Å². The Hall–Kier alpha value is -1.33. The summed E-state index contributed by atoms with van der Waals surface area (Å²) in [5, 5.41) is 8.85. The third-order valence-electron chi connectivity index (χ3n) is 1.28. The van der Waals surface area contributed by atoms with Crippen molar-refractivity contribution in [3.8, 4) is 6.07 Å². The molecule has 0 saturated carbocycles. The molecule has 0 amide bonds. The molecule has 0 unspecified atom stereocenters. The predicted octanol–water partition coefficient (Wildman–Crippen LogP) is 2.02. The number of hydrogen-bond acceptors (Lipinski definition) is 2. The molecular weight excluding hydrogens is 162 g/mol. The smallest absolute Gasteiger partial charge is 0.151 e. The fourth-order valence-electron chi connectivity index (χ4n) is 0.757. The Balaban J connectivity index is 3.38. The Morgan fingerprint density at radius 3 is 2.73 bits per heavy atom. The van der Waals surface area contributed by atoms with Crippen molar-refractivity contribution in [2.24, 2.45) is 0 Å². The zero-order chi connectivity index (χ0) is 8.27. The van der Waals surface area contributed by atoms with Crippen LogP contribution in [0.5, 0.6) is 0 Å². The minimum Gasteiger partial charge on any atom is -0.298 e. The standard InChI is InChI=1S/C8H4ClNO/c9-8-3-1-2-6(5-11)7(8)4-10/h1-3,5H. The van der Waals surface area contributed by atoms with Gasteiger partial charge in [0.2, 0.25) is 0 Å². The van der Waals surface area contributed by atoms with Crippen molar-refractivity contribution in [1.29, 1.82) is 5.26 Å². The first-order chi connectivity index (χ1) is 5.29. The zero-order valence-corrected chi connectivity index (χ0v) is 6.30. The van der Waals surface area contributed by atoms with Crippen molar-refractivity contribution in [3.63, 3.8) is 0 Å². The van der Waals surface area contributed by atoms with Gasteiger partial charge in [0.1, 0.15) is 6.07 Å². The molecule has 0 bridgehead atoms. The molecule has 54 valence electrons. The number of halogens is 1. The van der Waals surface area contributed by atoms with E-state index < -0.39 is 0 Å². The maximum absolute atomic E-state index is 10.3. The highest BCUT2D eigenvalue weighted by Gasteiger charge is 2.03. The highest BCUT2D eigenvalue weighted by atomic mass is 35.5. The summed E-state index contributed by atoms with van der Waals surface area (Å²) in [4.78, 5) is 10.3. The van der Waals surface area contributed by atoms with Crippen LogP contribution in [-0.2, 0) is 0 Å². The van der Waals surface area contributed by atoms with Crippen LogP contribution >= 0.6 is 11.6 Å². The van der Waals surface area contributed by atoms with Gasteiger partial charge in [0.15, 0.2) is 6.29 Å². The van der Waals surface area contributed by atoms with E-state index in [-0.39, 0.29) is 5.56 Å². The quantitative estimate of drug-likeness (QED) is 0.598. The van der Waals surface area contributed by atoms with E-state index in [2.05, 4.69) is 0 Å². The van der Waals surface area contributed by atoms with Crippen LogP contribution in [0.15, 0.2) is 18.2 Å². The number of carbonyl (C=O) groups is 1. The molecule has 1 rings (SSSR count). The topological polar surface area (TPSA) is 40.9 Å². The van der Waals surface area contributed by atoms with Gasteiger partial charge in [0.05, 0.1) is 10.6 Å². The van der Waals surface area contributed by atoms with Crippen LogP contribution in [0.4, 0.5) is 0 Å². The maximum Gasteiger partial charge on any atom is 0.151 e. The highest BCUT2D eigenvalue weighted by Crippen LogP contribution is 2.16. The van der Waals surface area contributed by atoms with Crippen LogP contribution in [0.25, 0.3) is 0 Å². The van der Waals surface area contributed by atoms with Gasteiger partial charge in [-0.3, -0.25) is 4.79 Å². The molecule has 0 aromatic heterocycles. The Kier molecular flexibility index (Phi) is 2.25. The average molecular weight is 166 g/mol. The minimum atomic E-state index is 0.240. The monoisotopic (exact) mass is 165 g/mol. The lowest BCUT2D eigenvalue weighted by Crippen LogP contribution is -1.86. The summed E-state index contributed by atoms with van der Waals surface area (Å²) in [5.74, 6) is 0. The van der Waals surface area contributed by atoms with Gasteiger partial charge < -0.3 is 0 Å². The molecule has 0 aliphatic heterocycles. The lowest BCUT2D eigenvalue weighted by Gasteiger charge is -1.95. The molecule has 0 saturated heterocycles. The molecule has 11 heavy (non-hydrogen) atoms. The number of hydrogen-bond donors (Lipinski definition) is 0. The molecule has 0 aliphatic rings. The van der Waals surface area contributed by atoms with E-state index in [1.165, 1.54) is 0 Å². The second-order valence-corrected chi connectivity index (χ2v) is 2.34. The first kappa shape index (κ1) is 7.77. The van der Waals surface area contributed by atoms with E-state index in [9.17, 15) is 4.79 Å². The van der Waals surface area contributed by atoms with Gasteiger partial charge in [0.25, 0.3) is 0 Å². The van der Waals surface area contributed by atoms with Crippen molar-refractivity contribution in [2.75, 3.05) is 0 Å². The van der Waals surface area contributed by atoms with Crippen molar-refractivity contribution < 1.29 is 4.79 Å². The third-order valence-corrected chi connectivity index (χ3v) is 1.60. The Morgan fingerprint density at radius 2 is 2.27 bits per heavy atom. The number of nitrogens with zero attached hydrogens (tertiary/aromatic N) is 1. The molecule has 0 aliphatic carbocycles. The summed E-state index contributed by atoms with van der Waals surface area (Å²) >= 11 is 5.63. The van der Waals surface area contributed by atoms with Crippen LogP contribution in [-0.4, -0.2) is 6.29 Å². The first-order valence-electron chi connectivity index (χ1n) is 2.93. The second-order valence-electron chi connectivity index (χ2n) is 1.93. The summed E-state index contributed by atoms with van der Waals surface area (Å²) in [6, 6.07) is 6.61. The fourth-order valence-corrected chi connectivity index (χ4v) is 0.981. The molecule has 0 heterocycles. The molecule has 0 atom stereocenters. The minimum absolute atomic E-state index is 0.240. The number of benzene rings is 1. The fraction of sp³-hybridized carbons (Fsp3) is 0. The zero-order valence-electron chi connectivity index (χ0n) is 5.54. The van der Waals surface area contributed by atoms with Crippen molar-refractivity contribution in [1.82, 2.24) is 0 Å². The van der Waals surface area contributed by atoms with Crippen molar-refractivity contribution in [3.05, 3.63) is 34.3 Å². The van der Waals surface area contributed by atoms with E-state index in [1.807, 2.05) is 6.07 Å². The molecule has 2 nitrogen and oxygen atoms in total. The number of aldehydes is 1. The van der Waals surface area contributed by atoms with Gasteiger partial charge in [-0.05, 0) is 6.07 Å². The maximum atomic E-state index is 10.3. The normalized spacial score (nSPS) is 8.73. The molecule has 1 aromatic carbocycles. The van der Waals surface area contributed by atoms with Crippen LogP contribution in [0.1, 0.15) is 15.9 Å². The molecule has 3 heteroatoms. The average Bonchev–Trinajstić information content (AvgIpc) is 2.04. The van der Waals surface area contributed by atoms with Gasteiger partial charge in [-0.1, -0.05) is 23.7 Å². The Labute approximate surface area is 69.0 Å². The molecule has 0 spiro atoms. The lowest BCUT2D eigenvalue weighted by molar-refractivity contribution is 0.112. The third kappa shape index (κ3) is 1.39. The Bertz CT molecular complexity index is 327. The summed E-state index contributed by atoms with van der Waals surface area (Å²) in [5.41, 5.74) is 0.573. The largest absolute Gasteiger partial charge is 0.298 e. The first-order valence-corrected chi connectivity index (χ1v) is 3.31. The summed E-state index contributed by atoms with van der Waals surface area (Å²) in [6.45, 7) is 0. The number of nitriles is 1. The van der Waals surface area contributed by atoms with Crippen LogP contribution in [0, 0.1) is 11.3 Å². The van der Waals surface area contributed by atoms with E-state index in [0.29, 0.717) is 16.9 Å². The Morgan fingerprint density at radius 1 is 1.55 bits per heavy atom. The van der Waals surface area contributed by atoms with Crippen LogP contribution in [0.2, 0.25) is 5.02 Å². The summed E-state index contributed by atoms with van der Waals surface area (Å²) < 4.78 is 0. The molecular formula is C8H4ClNO. The van der Waals surface area contributed by atoms with E-state index in [4.69, 9.17) is 16.9 Å². The molecule has 0 N–H and O–H groups in total. The lowest BCUT2D eigenvalue weighted by atomic mass is 10.1. The van der Waals surface area contributed by atoms with Crippen LogP contribution < -0.4 is 0 Å². The van der Waals surface area contributed by atoms with Gasteiger partial charge in [-0.2, -0.15) is 5.26 Å². The summed E-state index contributed by atoms with van der Waals surface area (Å²) in [6.07, 6.45) is 0.616. The number of rotatable bonds is 1. The predicted molar refractivity (Wildman–Crippen MR) is 41.6 cm³/mol. The van der Waals surface area contributed by atoms with E-state index in [0.717, 1.165) is 0 Å². The van der Waals surface area contributed by atoms with Gasteiger partial charge >= 0.3 is 0 Å².